The normalized spacial score (nSPS) is 15.2. The number of nitrogen functional groups attached to an aromatic ring is 1. The third-order valence-corrected chi connectivity index (χ3v) is 5.97. The predicted octanol–water partition coefficient (Wildman–Crippen LogP) is 5.44. The predicted molar refractivity (Wildman–Crippen MR) is 129 cm³/mol. The third kappa shape index (κ3) is 6.59. The standard InChI is InChI=1S/C21H23Cl3N2O2.H3NS/c1-13-5-7-26(8-6-13)21(27)17(12-28-16-4-2-3-15(22)11-16)14-9-18(23)20(25)19(24)10-14;1-2/h2-4,9-11,13,17H,5-8,12,25H2,1H3;2H,1H2. The molecule has 1 aliphatic heterocycles. The highest BCUT2D eigenvalue weighted by Crippen LogP contribution is 2.33. The number of amides is 1. The number of hydrogen-bond acceptors (Lipinski definition) is 5. The fraction of sp³-hybridized carbons (Fsp3) is 0.381. The number of likely N-dealkylation sites (tertiary alicyclic amines) is 1. The van der Waals surface area contributed by atoms with E-state index in [9.17, 15) is 4.79 Å². The van der Waals surface area contributed by atoms with Crippen LogP contribution in [0.3, 0.4) is 0 Å². The Kier molecular flexibility index (Phi) is 9.91. The molecule has 2 aromatic carbocycles. The van der Waals surface area contributed by atoms with E-state index < -0.39 is 5.92 Å². The van der Waals surface area contributed by atoms with Gasteiger partial charge in [-0.2, -0.15) is 0 Å². The SMILES string of the molecule is CC1CCN(C(=O)C(COc2cccc(Cl)c2)c2cc(Cl)c(N)c(Cl)c2)CC1.NS. The highest BCUT2D eigenvalue weighted by molar-refractivity contribution is 7.77. The average molecular weight is 491 g/mol. The molecule has 1 unspecified atom stereocenters. The van der Waals surface area contributed by atoms with Gasteiger partial charge in [-0.1, -0.05) is 47.8 Å². The van der Waals surface area contributed by atoms with E-state index in [1.54, 1.807) is 36.4 Å². The summed E-state index contributed by atoms with van der Waals surface area (Å²) in [5.74, 6) is 0.699. The van der Waals surface area contributed by atoms with E-state index in [1.165, 1.54) is 0 Å². The summed E-state index contributed by atoms with van der Waals surface area (Å²) in [6.07, 6.45) is 1.99. The fourth-order valence-electron chi connectivity index (χ4n) is 3.30. The molecule has 1 atom stereocenters. The molecule has 0 saturated carbocycles. The monoisotopic (exact) mass is 489 g/mol. The Labute approximate surface area is 198 Å². The Bertz CT molecular complexity index is 838. The summed E-state index contributed by atoms with van der Waals surface area (Å²) in [4.78, 5) is 15.2. The van der Waals surface area contributed by atoms with Crippen LogP contribution in [-0.4, -0.2) is 30.5 Å². The zero-order valence-electron chi connectivity index (χ0n) is 16.7. The zero-order valence-corrected chi connectivity index (χ0v) is 19.8. The van der Waals surface area contributed by atoms with E-state index in [1.807, 2.05) is 4.90 Å². The van der Waals surface area contributed by atoms with Crippen LogP contribution in [-0.2, 0) is 4.79 Å². The van der Waals surface area contributed by atoms with E-state index in [2.05, 4.69) is 24.9 Å². The number of carbonyl (C=O) groups is 1. The molecule has 164 valence electrons. The molecule has 30 heavy (non-hydrogen) atoms. The summed E-state index contributed by atoms with van der Waals surface area (Å²) < 4.78 is 5.90. The second-order valence-corrected chi connectivity index (χ2v) is 8.48. The van der Waals surface area contributed by atoms with Crippen LogP contribution in [0.15, 0.2) is 36.4 Å². The number of halogens is 3. The molecule has 0 bridgehead atoms. The topological polar surface area (TPSA) is 81.6 Å². The van der Waals surface area contributed by atoms with E-state index in [-0.39, 0.29) is 12.5 Å². The first-order chi connectivity index (χ1) is 14.3. The van der Waals surface area contributed by atoms with Gasteiger partial charge in [0.1, 0.15) is 12.4 Å². The minimum Gasteiger partial charge on any atom is -0.492 e. The number of carbonyl (C=O) groups excluding carboxylic acids is 1. The first-order valence-electron chi connectivity index (χ1n) is 9.52. The van der Waals surface area contributed by atoms with Gasteiger partial charge in [-0.25, -0.2) is 0 Å². The molecule has 2 aromatic rings. The lowest BCUT2D eigenvalue weighted by Gasteiger charge is -2.33. The smallest absolute Gasteiger partial charge is 0.233 e. The van der Waals surface area contributed by atoms with Crippen LogP contribution in [0.5, 0.6) is 5.75 Å². The number of benzene rings is 2. The number of nitrogens with two attached hydrogens (primary N) is 2. The van der Waals surface area contributed by atoms with Crippen molar-refractivity contribution in [3.05, 3.63) is 57.0 Å². The van der Waals surface area contributed by atoms with Gasteiger partial charge in [-0.15, -0.1) is 12.8 Å². The second-order valence-electron chi connectivity index (χ2n) is 7.23. The molecule has 3 rings (SSSR count). The minimum atomic E-state index is -0.539. The maximum absolute atomic E-state index is 13.3. The van der Waals surface area contributed by atoms with Crippen molar-refractivity contribution in [3.63, 3.8) is 0 Å². The molecule has 5 nitrogen and oxygen atoms in total. The number of piperidine rings is 1. The van der Waals surface area contributed by atoms with E-state index in [0.717, 1.165) is 25.9 Å². The van der Waals surface area contributed by atoms with Crippen LogP contribution in [0.4, 0.5) is 5.69 Å². The molecule has 1 saturated heterocycles. The quantitative estimate of drug-likeness (QED) is 0.385. The van der Waals surface area contributed by atoms with Crippen molar-refractivity contribution in [3.8, 4) is 5.75 Å². The lowest BCUT2D eigenvalue weighted by molar-refractivity contribution is -0.134. The largest absolute Gasteiger partial charge is 0.492 e. The minimum absolute atomic E-state index is 0.00540. The third-order valence-electron chi connectivity index (χ3n) is 5.11. The van der Waals surface area contributed by atoms with Crippen LogP contribution in [0.25, 0.3) is 0 Å². The Balaban J connectivity index is 0.00000155. The lowest BCUT2D eigenvalue weighted by atomic mass is 9.94. The second kappa shape index (κ2) is 11.9. The summed E-state index contributed by atoms with van der Waals surface area (Å²) in [6, 6.07) is 10.5. The lowest BCUT2D eigenvalue weighted by Crippen LogP contribution is -2.42. The molecule has 1 amide bonds. The first kappa shape index (κ1) is 25.0. The van der Waals surface area contributed by atoms with Crippen molar-refractivity contribution >= 4 is 59.2 Å². The van der Waals surface area contributed by atoms with Crippen LogP contribution < -0.4 is 15.6 Å². The average Bonchev–Trinajstić information content (AvgIpc) is 2.74. The van der Waals surface area contributed by atoms with Gasteiger partial charge in [-0.05, 0) is 54.7 Å². The van der Waals surface area contributed by atoms with E-state index >= 15 is 0 Å². The molecule has 1 heterocycles. The van der Waals surface area contributed by atoms with Gasteiger partial charge < -0.3 is 15.4 Å². The van der Waals surface area contributed by atoms with Crippen LogP contribution in [0.2, 0.25) is 15.1 Å². The fourth-order valence-corrected chi connectivity index (χ4v) is 3.99. The number of rotatable bonds is 5. The van der Waals surface area contributed by atoms with Gasteiger partial charge in [0.25, 0.3) is 0 Å². The number of ether oxygens (including phenoxy) is 1. The molecule has 1 fully saturated rings. The van der Waals surface area contributed by atoms with Gasteiger partial charge in [0.15, 0.2) is 0 Å². The molecule has 0 radical (unpaired) electrons. The molecular weight excluding hydrogens is 465 g/mol. The zero-order chi connectivity index (χ0) is 22.3. The Morgan fingerprint density at radius 3 is 2.33 bits per heavy atom. The molecular formula is C21H26Cl3N3O2S. The van der Waals surface area contributed by atoms with Crippen molar-refractivity contribution in [1.82, 2.24) is 4.90 Å². The highest BCUT2D eigenvalue weighted by atomic mass is 35.5. The molecule has 4 N–H and O–H groups in total. The Hall–Kier alpha value is -1.31. The van der Waals surface area contributed by atoms with E-state index in [4.69, 9.17) is 45.3 Å². The molecule has 0 aromatic heterocycles. The van der Waals surface area contributed by atoms with Gasteiger partial charge in [-0.3, -0.25) is 9.93 Å². The molecule has 0 aliphatic carbocycles. The number of anilines is 1. The Morgan fingerprint density at radius 2 is 1.77 bits per heavy atom. The first-order valence-corrected chi connectivity index (χ1v) is 11.2. The highest BCUT2D eigenvalue weighted by Gasteiger charge is 2.30. The molecule has 0 spiro atoms. The maximum atomic E-state index is 13.3. The summed E-state index contributed by atoms with van der Waals surface area (Å²) in [5, 5.41) is 5.43. The van der Waals surface area contributed by atoms with E-state index in [0.29, 0.717) is 38.0 Å². The van der Waals surface area contributed by atoms with Crippen LogP contribution in [0.1, 0.15) is 31.2 Å². The number of nitrogens with zero attached hydrogens (tertiary/aromatic N) is 1. The summed E-state index contributed by atoms with van der Waals surface area (Å²) in [5.41, 5.74) is 6.86. The summed E-state index contributed by atoms with van der Waals surface area (Å²) in [6.45, 7) is 3.84. The summed E-state index contributed by atoms with van der Waals surface area (Å²) >= 11 is 21.5. The summed E-state index contributed by atoms with van der Waals surface area (Å²) in [7, 11) is 0. The van der Waals surface area contributed by atoms with Gasteiger partial charge in [0.2, 0.25) is 5.91 Å². The maximum Gasteiger partial charge on any atom is 0.233 e. The van der Waals surface area contributed by atoms with Gasteiger partial charge in [0, 0.05) is 18.1 Å². The van der Waals surface area contributed by atoms with Crippen molar-refractivity contribution in [2.75, 3.05) is 25.4 Å². The van der Waals surface area contributed by atoms with Gasteiger partial charge >= 0.3 is 0 Å². The van der Waals surface area contributed by atoms with Gasteiger partial charge in [0.05, 0.1) is 21.7 Å². The van der Waals surface area contributed by atoms with Crippen molar-refractivity contribution < 1.29 is 9.53 Å². The molecule has 9 heteroatoms. The molecule has 1 aliphatic rings. The van der Waals surface area contributed by atoms with Crippen molar-refractivity contribution in [1.29, 1.82) is 0 Å². The van der Waals surface area contributed by atoms with Crippen molar-refractivity contribution in [2.45, 2.75) is 25.7 Å². The van der Waals surface area contributed by atoms with Crippen LogP contribution >= 0.6 is 47.6 Å². The van der Waals surface area contributed by atoms with Crippen LogP contribution in [0, 0.1) is 5.92 Å². The Morgan fingerprint density at radius 1 is 1.17 bits per heavy atom. The number of thiol groups is 1. The van der Waals surface area contributed by atoms with Crippen molar-refractivity contribution in [2.24, 2.45) is 11.1 Å². The number of hydrogen-bond donors (Lipinski definition) is 3.